The molecule has 0 bridgehead atoms. The van der Waals surface area contributed by atoms with Crippen molar-refractivity contribution in [2.24, 2.45) is 0 Å². The molecule has 2 rings (SSSR count). The second-order valence-corrected chi connectivity index (χ2v) is 5.71. The van der Waals surface area contributed by atoms with Crippen LogP contribution in [0.3, 0.4) is 0 Å². The van der Waals surface area contributed by atoms with E-state index >= 15 is 0 Å². The van der Waals surface area contributed by atoms with E-state index in [0.29, 0.717) is 17.2 Å². The summed E-state index contributed by atoms with van der Waals surface area (Å²) in [5, 5.41) is 0. The van der Waals surface area contributed by atoms with E-state index in [1.807, 2.05) is 18.2 Å². The Labute approximate surface area is 112 Å². The first-order valence-electron chi connectivity index (χ1n) is 5.59. The molecule has 19 heavy (non-hydrogen) atoms. The summed E-state index contributed by atoms with van der Waals surface area (Å²) in [5.41, 5.74) is 6.16. The highest BCUT2D eigenvalue weighted by atomic mass is 32.2. The number of anilines is 1. The number of para-hydroxylation sites is 1. The van der Waals surface area contributed by atoms with Gasteiger partial charge in [-0.2, -0.15) is 0 Å². The maximum absolute atomic E-state index is 11.7. The van der Waals surface area contributed by atoms with Gasteiger partial charge in [0.1, 0.15) is 5.75 Å². The quantitative estimate of drug-likeness (QED) is 0.838. The molecular formula is C13H14N2O3S. The number of sulfonamides is 1. The molecule has 0 amide bonds. The molecule has 0 unspecified atom stereocenters. The molecule has 3 N–H and O–H groups in total. The van der Waals surface area contributed by atoms with Gasteiger partial charge >= 0.3 is 0 Å². The SMILES string of the molecule is CNS(=O)(=O)c1ccc(N)c(Oc2ccccc2)c1. The number of benzene rings is 2. The normalized spacial score (nSPS) is 11.2. The summed E-state index contributed by atoms with van der Waals surface area (Å²) in [6.45, 7) is 0. The van der Waals surface area contributed by atoms with Crippen LogP contribution in [0.25, 0.3) is 0 Å². The molecule has 0 radical (unpaired) electrons. The maximum Gasteiger partial charge on any atom is 0.240 e. The number of hydrogen-bond donors (Lipinski definition) is 2. The minimum atomic E-state index is -3.52. The van der Waals surface area contributed by atoms with Crippen molar-refractivity contribution in [3.63, 3.8) is 0 Å². The molecule has 0 aliphatic rings. The van der Waals surface area contributed by atoms with E-state index in [4.69, 9.17) is 10.5 Å². The van der Waals surface area contributed by atoms with Gasteiger partial charge in [-0.1, -0.05) is 18.2 Å². The molecule has 0 atom stereocenters. The molecule has 0 saturated carbocycles. The van der Waals surface area contributed by atoms with Crippen LogP contribution in [0.1, 0.15) is 0 Å². The fourth-order valence-electron chi connectivity index (χ4n) is 1.50. The number of ether oxygens (including phenoxy) is 1. The molecule has 6 heteroatoms. The largest absolute Gasteiger partial charge is 0.455 e. The lowest BCUT2D eigenvalue weighted by Gasteiger charge is -2.10. The summed E-state index contributed by atoms with van der Waals surface area (Å²) in [7, 11) is -2.16. The molecule has 0 heterocycles. The average molecular weight is 278 g/mol. The van der Waals surface area contributed by atoms with Crippen molar-refractivity contribution in [2.75, 3.05) is 12.8 Å². The van der Waals surface area contributed by atoms with Gasteiger partial charge in [-0.25, -0.2) is 13.1 Å². The standard InChI is InChI=1S/C13H14N2O3S/c1-15-19(16,17)11-7-8-12(14)13(9-11)18-10-5-3-2-4-6-10/h2-9,15H,14H2,1H3. The van der Waals surface area contributed by atoms with Crippen LogP contribution in [0.4, 0.5) is 5.69 Å². The molecule has 0 aliphatic carbocycles. The van der Waals surface area contributed by atoms with Gasteiger partial charge in [-0.05, 0) is 31.3 Å². The Balaban J connectivity index is 2.38. The second kappa shape index (κ2) is 5.29. The van der Waals surface area contributed by atoms with Crippen molar-refractivity contribution in [2.45, 2.75) is 4.90 Å². The average Bonchev–Trinajstić information content (AvgIpc) is 2.42. The van der Waals surface area contributed by atoms with E-state index in [9.17, 15) is 8.42 Å². The maximum atomic E-state index is 11.7. The lowest BCUT2D eigenvalue weighted by Crippen LogP contribution is -2.18. The van der Waals surface area contributed by atoms with Gasteiger partial charge in [-0.15, -0.1) is 0 Å². The zero-order chi connectivity index (χ0) is 13.9. The first-order valence-corrected chi connectivity index (χ1v) is 7.07. The highest BCUT2D eigenvalue weighted by Gasteiger charge is 2.14. The minimum Gasteiger partial charge on any atom is -0.455 e. The van der Waals surface area contributed by atoms with Crippen LogP contribution < -0.4 is 15.2 Å². The van der Waals surface area contributed by atoms with E-state index < -0.39 is 10.0 Å². The number of nitrogens with one attached hydrogen (secondary N) is 1. The lowest BCUT2D eigenvalue weighted by atomic mass is 10.3. The van der Waals surface area contributed by atoms with Crippen molar-refractivity contribution in [3.8, 4) is 11.5 Å². The topological polar surface area (TPSA) is 81.4 Å². The van der Waals surface area contributed by atoms with Crippen LogP contribution in [0.2, 0.25) is 0 Å². The predicted octanol–water partition coefficient (Wildman–Crippen LogP) is 1.97. The number of rotatable bonds is 4. The van der Waals surface area contributed by atoms with Crippen molar-refractivity contribution < 1.29 is 13.2 Å². The van der Waals surface area contributed by atoms with Gasteiger partial charge in [0.05, 0.1) is 10.6 Å². The summed E-state index contributed by atoms with van der Waals surface area (Å²) < 4.78 is 31.2. The van der Waals surface area contributed by atoms with Crippen LogP contribution in [0.15, 0.2) is 53.4 Å². The van der Waals surface area contributed by atoms with Crippen molar-refractivity contribution in [1.82, 2.24) is 4.72 Å². The lowest BCUT2D eigenvalue weighted by molar-refractivity contribution is 0.483. The third kappa shape index (κ3) is 3.04. The third-order valence-corrected chi connectivity index (χ3v) is 3.95. The zero-order valence-electron chi connectivity index (χ0n) is 10.3. The summed E-state index contributed by atoms with van der Waals surface area (Å²) >= 11 is 0. The predicted molar refractivity (Wildman–Crippen MR) is 73.6 cm³/mol. The molecule has 0 saturated heterocycles. The van der Waals surface area contributed by atoms with Crippen molar-refractivity contribution in [1.29, 1.82) is 0 Å². The third-order valence-electron chi connectivity index (χ3n) is 2.54. The molecule has 100 valence electrons. The summed E-state index contributed by atoms with van der Waals surface area (Å²) in [6, 6.07) is 13.4. The van der Waals surface area contributed by atoms with Gasteiger partial charge in [0.25, 0.3) is 0 Å². The van der Waals surface area contributed by atoms with Gasteiger partial charge in [0.2, 0.25) is 10.0 Å². The highest BCUT2D eigenvalue weighted by molar-refractivity contribution is 7.89. The Bertz CT molecular complexity index is 670. The molecular weight excluding hydrogens is 264 g/mol. The van der Waals surface area contributed by atoms with Crippen molar-refractivity contribution in [3.05, 3.63) is 48.5 Å². The van der Waals surface area contributed by atoms with E-state index in [-0.39, 0.29) is 4.90 Å². The molecule has 5 nitrogen and oxygen atoms in total. The number of nitrogen functional groups attached to an aromatic ring is 1. The number of hydrogen-bond acceptors (Lipinski definition) is 4. The first-order chi connectivity index (χ1) is 9.03. The zero-order valence-corrected chi connectivity index (χ0v) is 11.1. The Morgan fingerprint density at radius 3 is 2.42 bits per heavy atom. The number of nitrogens with two attached hydrogens (primary N) is 1. The Kier molecular flexibility index (Phi) is 3.73. The van der Waals surface area contributed by atoms with Crippen LogP contribution in [0, 0.1) is 0 Å². The Hall–Kier alpha value is -2.05. The Morgan fingerprint density at radius 1 is 1.11 bits per heavy atom. The molecule has 0 aliphatic heterocycles. The van der Waals surface area contributed by atoms with E-state index in [1.54, 1.807) is 12.1 Å². The minimum absolute atomic E-state index is 0.107. The Morgan fingerprint density at radius 2 is 1.79 bits per heavy atom. The molecule has 0 spiro atoms. The van der Waals surface area contributed by atoms with Crippen LogP contribution >= 0.6 is 0 Å². The van der Waals surface area contributed by atoms with Crippen LogP contribution in [-0.4, -0.2) is 15.5 Å². The second-order valence-electron chi connectivity index (χ2n) is 3.82. The fraction of sp³-hybridized carbons (Fsp3) is 0.0769. The smallest absolute Gasteiger partial charge is 0.240 e. The van der Waals surface area contributed by atoms with Crippen LogP contribution in [-0.2, 0) is 10.0 Å². The highest BCUT2D eigenvalue weighted by Crippen LogP contribution is 2.29. The fourth-order valence-corrected chi connectivity index (χ4v) is 2.25. The van der Waals surface area contributed by atoms with Gasteiger partial charge in [-0.3, -0.25) is 0 Å². The summed E-state index contributed by atoms with van der Waals surface area (Å²) in [6.07, 6.45) is 0. The monoisotopic (exact) mass is 278 g/mol. The molecule has 0 aromatic heterocycles. The van der Waals surface area contributed by atoms with E-state index in [2.05, 4.69) is 4.72 Å². The van der Waals surface area contributed by atoms with E-state index in [1.165, 1.54) is 25.2 Å². The van der Waals surface area contributed by atoms with E-state index in [0.717, 1.165) is 0 Å². The van der Waals surface area contributed by atoms with Gasteiger partial charge in [0.15, 0.2) is 5.75 Å². The van der Waals surface area contributed by atoms with Crippen molar-refractivity contribution >= 4 is 15.7 Å². The molecule has 2 aromatic carbocycles. The molecule has 0 fully saturated rings. The molecule has 2 aromatic rings. The van der Waals surface area contributed by atoms with Gasteiger partial charge in [0, 0.05) is 6.07 Å². The first kappa shape index (κ1) is 13.4. The van der Waals surface area contributed by atoms with Gasteiger partial charge < -0.3 is 10.5 Å². The summed E-state index contributed by atoms with van der Waals surface area (Å²) in [5.74, 6) is 0.899. The summed E-state index contributed by atoms with van der Waals surface area (Å²) in [4.78, 5) is 0.107. The van der Waals surface area contributed by atoms with Crippen LogP contribution in [0.5, 0.6) is 11.5 Å².